The molecule has 1 aliphatic heterocycles. The van der Waals surface area contributed by atoms with Crippen LogP contribution in [0.4, 0.5) is 14.6 Å². The Bertz CT molecular complexity index is 1730. The molecular formula is C31H26F2N6O2. The van der Waals surface area contributed by atoms with Crippen molar-refractivity contribution < 1.29 is 18.4 Å². The lowest BCUT2D eigenvalue weighted by molar-refractivity contribution is -0.120. The predicted octanol–water partition coefficient (Wildman–Crippen LogP) is 4.19. The van der Waals surface area contributed by atoms with E-state index in [0.29, 0.717) is 48.3 Å². The summed E-state index contributed by atoms with van der Waals surface area (Å²) in [6, 6.07) is 12.1. The maximum atomic E-state index is 14.8. The van der Waals surface area contributed by atoms with Gasteiger partial charge < -0.3 is 16.4 Å². The van der Waals surface area contributed by atoms with E-state index in [2.05, 4.69) is 25.6 Å². The number of hydrogen-bond acceptors (Lipinski definition) is 6. The lowest BCUT2D eigenvalue weighted by Gasteiger charge is -2.23. The maximum Gasteiger partial charge on any atom is 0.253 e. The summed E-state index contributed by atoms with van der Waals surface area (Å²) >= 11 is 0. The largest absolute Gasteiger partial charge is 0.344 e. The predicted molar refractivity (Wildman–Crippen MR) is 146 cm³/mol. The Hall–Kier alpha value is -4.57. The zero-order valence-corrected chi connectivity index (χ0v) is 21.9. The number of rotatable bonds is 3. The summed E-state index contributed by atoms with van der Waals surface area (Å²) in [6.45, 7) is 0. The molecule has 8 nitrogen and oxygen atoms in total. The van der Waals surface area contributed by atoms with E-state index in [1.165, 1.54) is 12.3 Å². The van der Waals surface area contributed by atoms with Crippen LogP contribution in [0.25, 0.3) is 0 Å². The lowest BCUT2D eigenvalue weighted by Crippen LogP contribution is -2.35. The van der Waals surface area contributed by atoms with Gasteiger partial charge in [0.25, 0.3) is 5.91 Å². The van der Waals surface area contributed by atoms with E-state index in [1.54, 1.807) is 30.6 Å². The highest BCUT2D eigenvalue weighted by molar-refractivity contribution is 6.06. The smallest absolute Gasteiger partial charge is 0.253 e. The Balaban J connectivity index is 1.15. The second kappa shape index (κ2) is 9.52. The van der Waals surface area contributed by atoms with Crippen molar-refractivity contribution >= 4 is 17.6 Å². The number of benzene rings is 1. The molecule has 4 atom stereocenters. The highest BCUT2D eigenvalue weighted by atomic mass is 19.2. The molecule has 7 rings (SSSR count). The van der Waals surface area contributed by atoms with Gasteiger partial charge in [0.1, 0.15) is 5.82 Å². The average Bonchev–Trinajstić information content (AvgIpc) is 3.46. The Kier molecular flexibility index (Phi) is 5.90. The number of pyridine rings is 3. The van der Waals surface area contributed by atoms with Crippen molar-refractivity contribution in [2.45, 2.75) is 49.1 Å². The minimum Gasteiger partial charge on any atom is -0.344 e. The Morgan fingerprint density at radius 3 is 2.68 bits per heavy atom. The third-order valence-electron chi connectivity index (χ3n) is 8.72. The summed E-state index contributed by atoms with van der Waals surface area (Å²) in [7, 11) is 0. The van der Waals surface area contributed by atoms with Gasteiger partial charge >= 0.3 is 0 Å². The third-order valence-corrected chi connectivity index (χ3v) is 8.72. The molecule has 2 amide bonds. The molecule has 0 radical (unpaired) electrons. The van der Waals surface area contributed by atoms with Crippen LogP contribution in [0, 0.1) is 11.6 Å². The van der Waals surface area contributed by atoms with Crippen LogP contribution in [0.5, 0.6) is 0 Å². The minimum atomic E-state index is -0.920. The first-order chi connectivity index (χ1) is 19.9. The Morgan fingerprint density at radius 1 is 1.00 bits per heavy atom. The monoisotopic (exact) mass is 552 g/mol. The average molecular weight is 553 g/mol. The number of nitrogens with two attached hydrogens (primary N) is 1. The molecule has 0 fully saturated rings. The van der Waals surface area contributed by atoms with Crippen molar-refractivity contribution in [2.24, 2.45) is 5.73 Å². The van der Waals surface area contributed by atoms with Crippen molar-refractivity contribution in [2.75, 3.05) is 5.32 Å². The molecular weight excluding hydrogens is 526 g/mol. The summed E-state index contributed by atoms with van der Waals surface area (Å²) in [5.74, 6) is -2.21. The van der Waals surface area contributed by atoms with Gasteiger partial charge in [0, 0.05) is 48.2 Å². The zero-order valence-electron chi connectivity index (χ0n) is 21.9. The van der Waals surface area contributed by atoms with Gasteiger partial charge in [-0.2, -0.15) is 0 Å². The minimum absolute atomic E-state index is 0.114. The fourth-order valence-corrected chi connectivity index (χ4v) is 6.66. The lowest BCUT2D eigenvalue weighted by atomic mass is 9.80. The molecule has 41 heavy (non-hydrogen) atoms. The van der Waals surface area contributed by atoms with Gasteiger partial charge in [-0.25, -0.2) is 13.8 Å². The van der Waals surface area contributed by atoms with Crippen LogP contribution < -0.4 is 16.4 Å². The topological polar surface area (TPSA) is 123 Å². The maximum absolute atomic E-state index is 14.8. The summed E-state index contributed by atoms with van der Waals surface area (Å²) < 4.78 is 28.8. The van der Waals surface area contributed by atoms with Crippen molar-refractivity contribution in [1.82, 2.24) is 20.3 Å². The standard InChI is InChI=1S/C31H26F2N6O2/c32-22-7-1-4-18(25(22)33)19-8-9-23(27-20(26(19)34)5-2-10-35-27)38-29(40)17-12-16-13-31(14-24(16)37-15-17)21-6-3-11-36-28(21)39-30(31)41/h1-7,10-12,15,19,23,26H,8-9,13-14,34H2,(H,38,40)(H,36,39,41)/t19-,23+,26-,31-/m0/s1. The molecule has 10 heteroatoms. The summed E-state index contributed by atoms with van der Waals surface area (Å²) in [6.07, 6.45) is 6.49. The van der Waals surface area contributed by atoms with Crippen molar-refractivity contribution in [3.8, 4) is 0 Å². The van der Waals surface area contributed by atoms with E-state index < -0.39 is 35.1 Å². The second-order valence-corrected chi connectivity index (χ2v) is 11.0. The molecule has 2 aliphatic carbocycles. The van der Waals surface area contributed by atoms with Crippen LogP contribution >= 0.6 is 0 Å². The van der Waals surface area contributed by atoms with E-state index in [4.69, 9.17) is 5.73 Å². The van der Waals surface area contributed by atoms with Crippen LogP contribution in [-0.4, -0.2) is 26.8 Å². The molecule has 3 aromatic heterocycles. The fraction of sp³-hybridized carbons (Fsp3) is 0.258. The quantitative estimate of drug-likeness (QED) is 0.328. The molecule has 3 aliphatic rings. The van der Waals surface area contributed by atoms with Crippen LogP contribution in [-0.2, 0) is 23.1 Å². The van der Waals surface area contributed by atoms with E-state index in [-0.39, 0.29) is 17.4 Å². The van der Waals surface area contributed by atoms with Crippen molar-refractivity contribution in [3.05, 3.63) is 118 Å². The van der Waals surface area contributed by atoms with Crippen LogP contribution in [0.2, 0.25) is 0 Å². The van der Waals surface area contributed by atoms with Gasteiger partial charge in [0.2, 0.25) is 5.91 Å². The summed E-state index contributed by atoms with van der Waals surface area (Å²) in [5.41, 5.74) is 10.2. The fourth-order valence-electron chi connectivity index (χ4n) is 6.66. The highest BCUT2D eigenvalue weighted by Gasteiger charge is 2.51. The molecule has 0 bridgehead atoms. The van der Waals surface area contributed by atoms with Gasteiger partial charge in [-0.15, -0.1) is 0 Å². The highest BCUT2D eigenvalue weighted by Crippen LogP contribution is 2.46. The molecule has 1 spiro atoms. The van der Waals surface area contributed by atoms with Gasteiger partial charge in [-0.05, 0) is 60.2 Å². The normalized spacial score (nSPS) is 24.3. The summed E-state index contributed by atoms with van der Waals surface area (Å²) in [4.78, 5) is 40.0. The van der Waals surface area contributed by atoms with Gasteiger partial charge in [-0.3, -0.25) is 19.6 Å². The number of halogens is 2. The SMILES string of the molecule is N[C@@H]1c2cccnc2[C@H](NC(=O)c2cnc3c(c2)C[C@@]2(C3)C(=O)Nc3ncccc32)CC[C@H]1c1cccc(F)c1F. The number of aromatic nitrogens is 3. The number of carbonyl (C=O) groups is 2. The number of amides is 2. The Morgan fingerprint density at radius 2 is 1.80 bits per heavy atom. The molecule has 206 valence electrons. The number of fused-ring (bicyclic) bond motifs is 4. The van der Waals surface area contributed by atoms with Gasteiger partial charge in [0.15, 0.2) is 11.6 Å². The molecule has 0 saturated heterocycles. The van der Waals surface area contributed by atoms with Crippen molar-refractivity contribution in [1.29, 1.82) is 0 Å². The van der Waals surface area contributed by atoms with E-state index in [9.17, 15) is 18.4 Å². The van der Waals surface area contributed by atoms with Crippen LogP contribution in [0.1, 0.15) is 74.8 Å². The first-order valence-electron chi connectivity index (χ1n) is 13.6. The molecule has 4 N–H and O–H groups in total. The third kappa shape index (κ3) is 4.01. The number of nitrogens with zero attached hydrogens (tertiary/aromatic N) is 3. The van der Waals surface area contributed by atoms with E-state index in [0.717, 1.165) is 22.9 Å². The number of anilines is 1. The van der Waals surface area contributed by atoms with Crippen LogP contribution in [0.15, 0.2) is 67.1 Å². The molecule has 0 unspecified atom stereocenters. The number of carbonyl (C=O) groups excluding carboxylic acids is 2. The van der Waals surface area contributed by atoms with Gasteiger partial charge in [-0.1, -0.05) is 24.3 Å². The molecule has 0 saturated carbocycles. The molecule has 1 aromatic carbocycles. The molecule has 4 heterocycles. The second-order valence-electron chi connectivity index (χ2n) is 11.0. The first-order valence-corrected chi connectivity index (χ1v) is 13.6. The van der Waals surface area contributed by atoms with Crippen LogP contribution in [0.3, 0.4) is 0 Å². The van der Waals surface area contributed by atoms with E-state index in [1.807, 2.05) is 18.2 Å². The first kappa shape index (κ1) is 25.4. The Labute approximate surface area is 234 Å². The van der Waals surface area contributed by atoms with Crippen molar-refractivity contribution in [3.63, 3.8) is 0 Å². The summed E-state index contributed by atoms with van der Waals surface area (Å²) in [5, 5.41) is 5.95. The van der Waals surface area contributed by atoms with E-state index >= 15 is 0 Å². The zero-order chi connectivity index (χ0) is 28.3. The molecule has 4 aromatic rings. The van der Waals surface area contributed by atoms with Gasteiger partial charge in [0.05, 0.1) is 22.7 Å². The number of hydrogen-bond donors (Lipinski definition) is 3. The number of nitrogens with one attached hydrogen (secondary N) is 2.